The molecule has 1 aromatic rings. The smallest absolute Gasteiger partial charge is 0.340 e. The lowest BCUT2D eigenvalue weighted by molar-refractivity contribution is 0.0601. The second kappa shape index (κ2) is 6.16. The van der Waals surface area contributed by atoms with Crippen molar-refractivity contribution in [3.8, 4) is 0 Å². The molecule has 110 valence electrons. The van der Waals surface area contributed by atoms with Crippen LogP contribution in [0.25, 0.3) is 0 Å². The molecular formula is C16H24N2O2. The molecule has 0 atom stereocenters. The molecule has 4 heteroatoms. The summed E-state index contributed by atoms with van der Waals surface area (Å²) in [5.74, 6) is -0.353. The van der Waals surface area contributed by atoms with Crippen LogP contribution in [0.3, 0.4) is 0 Å². The number of hydrogen-bond acceptors (Lipinski definition) is 4. The number of benzene rings is 1. The van der Waals surface area contributed by atoms with E-state index in [1.807, 2.05) is 0 Å². The fourth-order valence-electron chi connectivity index (χ4n) is 2.93. The number of hydrogen-bond donors (Lipinski definition) is 2. The number of esters is 1. The van der Waals surface area contributed by atoms with Crippen LogP contribution in [0.15, 0.2) is 18.2 Å². The molecule has 1 fully saturated rings. The number of carbonyl (C=O) groups excluding carboxylic acids is 1. The van der Waals surface area contributed by atoms with Crippen LogP contribution in [0.2, 0.25) is 0 Å². The Hall–Kier alpha value is -1.71. The van der Waals surface area contributed by atoms with Crippen molar-refractivity contribution in [2.24, 2.45) is 5.41 Å². The summed E-state index contributed by atoms with van der Waals surface area (Å²) in [6, 6.07) is 5.32. The van der Waals surface area contributed by atoms with Gasteiger partial charge in [-0.15, -0.1) is 0 Å². The fraction of sp³-hybridized carbons (Fsp3) is 0.562. The van der Waals surface area contributed by atoms with E-state index in [0.29, 0.717) is 16.9 Å². The van der Waals surface area contributed by atoms with Crippen LogP contribution in [0.1, 0.15) is 49.4 Å². The van der Waals surface area contributed by atoms with Gasteiger partial charge in [0.1, 0.15) is 0 Å². The number of para-hydroxylation sites is 1. The molecule has 0 amide bonds. The highest BCUT2D eigenvalue weighted by Gasteiger charge is 2.27. The average molecular weight is 276 g/mol. The molecule has 0 bridgehead atoms. The number of rotatable bonds is 4. The summed E-state index contributed by atoms with van der Waals surface area (Å²) in [6.45, 7) is 3.14. The van der Waals surface area contributed by atoms with Gasteiger partial charge in [0.25, 0.3) is 0 Å². The first-order chi connectivity index (χ1) is 9.56. The standard InChI is InChI=1S/C16H24N2O2/c1-16(9-4-3-5-10-16)11-18-14-12(15(19)20-2)7-6-8-13(14)17/h6-8,18H,3-5,9-11,17H2,1-2H3. The number of carbonyl (C=O) groups is 1. The zero-order valence-electron chi connectivity index (χ0n) is 12.4. The van der Waals surface area contributed by atoms with Crippen molar-refractivity contribution in [1.29, 1.82) is 0 Å². The van der Waals surface area contributed by atoms with E-state index in [1.165, 1.54) is 39.2 Å². The van der Waals surface area contributed by atoms with E-state index in [4.69, 9.17) is 10.5 Å². The molecule has 0 unspecified atom stereocenters. The van der Waals surface area contributed by atoms with Crippen molar-refractivity contribution < 1.29 is 9.53 Å². The molecule has 0 spiro atoms. The normalized spacial score (nSPS) is 17.5. The predicted octanol–water partition coefficient (Wildman–Crippen LogP) is 3.44. The lowest BCUT2D eigenvalue weighted by atomic mass is 9.75. The molecule has 2 rings (SSSR count). The number of nitrogens with two attached hydrogens (primary N) is 1. The molecule has 0 aliphatic heterocycles. The third kappa shape index (κ3) is 3.24. The highest BCUT2D eigenvalue weighted by atomic mass is 16.5. The van der Waals surface area contributed by atoms with Gasteiger partial charge in [-0.1, -0.05) is 32.3 Å². The third-order valence-corrected chi connectivity index (χ3v) is 4.25. The molecular weight excluding hydrogens is 252 g/mol. The largest absolute Gasteiger partial charge is 0.465 e. The maximum absolute atomic E-state index is 11.8. The maximum atomic E-state index is 11.8. The summed E-state index contributed by atoms with van der Waals surface area (Å²) in [7, 11) is 1.39. The van der Waals surface area contributed by atoms with Gasteiger partial charge in [0.15, 0.2) is 0 Å². The highest BCUT2D eigenvalue weighted by Crippen LogP contribution is 2.36. The minimum Gasteiger partial charge on any atom is -0.465 e. The summed E-state index contributed by atoms with van der Waals surface area (Å²) >= 11 is 0. The van der Waals surface area contributed by atoms with Gasteiger partial charge in [-0.2, -0.15) is 0 Å². The maximum Gasteiger partial charge on any atom is 0.340 e. The quantitative estimate of drug-likeness (QED) is 0.653. The molecule has 4 nitrogen and oxygen atoms in total. The first-order valence-electron chi connectivity index (χ1n) is 7.26. The van der Waals surface area contributed by atoms with Gasteiger partial charge in [0.05, 0.1) is 24.0 Å². The number of anilines is 2. The zero-order chi connectivity index (χ0) is 14.6. The van der Waals surface area contributed by atoms with Gasteiger partial charge in [-0.05, 0) is 30.4 Å². The molecule has 1 aromatic carbocycles. The second-order valence-electron chi connectivity index (χ2n) is 5.99. The third-order valence-electron chi connectivity index (χ3n) is 4.25. The van der Waals surface area contributed by atoms with Crippen LogP contribution in [0.5, 0.6) is 0 Å². The van der Waals surface area contributed by atoms with Crippen molar-refractivity contribution in [2.45, 2.75) is 39.0 Å². The van der Waals surface area contributed by atoms with E-state index in [2.05, 4.69) is 12.2 Å². The predicted molar refractivity (Wildman–Crippen MR) is 81.9 cm³/mol. The lowest BCUT2D eigenvalue weighted by Gasteiger charge is -2.34. The van der Waals surface area contributed by atoms with Crippen LogP contribution >= 0.6 is 0 Å². The molecule has 1 aliphatic carbocycles. The van der Waals surface area contributed by atoms with Gasteiger partial charge in [0.2, 0.25) is 0 Å². The number of nitrogens with one attached hydrogen (secondary N) is 1. The van der Waals surface area contributed by atoms with Crippen molar-refractivity contribution in [2.75, 3.05) is 24.7 Å². The Morgan fingerprint density at radius 2 is 2.05 bits per heavy atom. The van der Waals surface area contributed by atoms with E-state index in [-0.39, 0.29) is 11.4 Å². The molecule has 0 saturated heterocycles. The zero-order valence-corrected chi connectivity index (χ0v) is 12.4. The van der Waals surface area contributed by atoms with Gasteiger partial charge < -0.3 is 15.8 Å². The molecule has 1 saturated carbocycles. The SMILES string of the molecule is COC(=O)c1cccc(N)c1NCC1(C)CCCCC1. The molecule has 1 aliphatic rings. The molecule has 0 aromatic heterocycles. The van der Waals surface area contributed by atoms with E-state index >= 15 is 0 Å². The number of ether oxygens (including phenoxy) is 1. The second-order valence-corrected chi connectivity index (χ2v) is 5.99. The van der Waals surface area contributed by atoms with Crippen LogP contribution in [0, 0.1) is 5.41 Å². The Bertz CT molecular complexity index is 479. The van der Waals surface area contributed by atoms with Gasteiger partial charge >= 0.3 is 5.97 Å². The summed E-state index contributed by atoms with van der Waals surface area (Å²) in [5.41, 5.74) is 8.08. The summed E-state index contributed by atoms with van der Waals surface area (Å²) < 4.78 is 4.81. The van der Waals surface area contributed by atoms with Gasteiger partial charge in [0, 0.05) is 6.54 Å². The summed E-state index contributed by atoms with van der Waals surface area (Å²) in [5, 5.41) is 3.38. The van der Waals surface area contributed by atoms with E-state index < -0.39 is 0 Å². The molecule has 3 N–H and O–H groups in total. The van der Waals surface area contributed by atoms with Crippen molar-refractivity contribution in [1.82, 2.24) is 0 Å². The Kier molecular flexibility index (Phi) is 4.53. The van der Waals surface area contributed by atoms with Gasteiger partial charge in [-0.3, -0.25) is 0 Å². The summed E-state index contributed by atoms with van der Waals surface area (Å²) in [4.78, 5) is 11.8. The molecule has 0 heterocycles. The average Bonchev–Trinajstić information content (AvgIpc) is 2.45. The monoisotopic (exact) mass is 276 g/mol. The summed E-state index contributed by atoms with van der Waals surface area (Å²) in [6.07, 6.45) is 6.34. The minimum atomic E-state index is -0.353. The van der Waals surface area contributed by atoms with E-state index in [0.717, 1.165) is 6.54 Å². The van der Waals surface area contributed by atoms with E-state index in [1.54, 1.807) is 18.2 Å². The minimum absolute atomic E-state index is 0.286. The lowest BCUT2D eigenvalue weighted by Crippen LogP contribution is -2.29. The Morgan fingerprint density at radius 1 is 1.35 bits per heavy atom. The Morgan fingerprint density at radius 3 is 2.70 bits per heavy atom. The first-order valence-corrected chi connectivity index (χ1v) is 7.26. The van der Waals surface area contributed by atoms with Gasteiger partial charge in [-0.25, -0.2) is 4.79 Å². The van der Waals surface area contributed by atoms with Crippen molar-refractivity contribution in [3.05, 3.63) is 23.8 Å². The first kappa shape index (κ1) is 14.7. The van der Waals surface area contributed by atoms with Crippen LogP contribution < -0.4 is 11.1 Å². The number of methoxy groups -OCH3 is 1. The van der Waals surface area contributed by atoms with Crippen LogP contribution in [-0.2, 0) is 4.74 Å². The van der Waals surface area contributed by atoms with Crippen LogP contribution in [0.4, 0.5) is 11.4 Å². The molecule has 20 heavy (non-hydrogen) atoms. The topological polar surface area (TPSA) is 64.3 Å². The van der Waals surface area contributed by atoms with Crippen molar-refractivity contribution >= 4 is 17.3 Å². The number of nitrogen functional groups attached to an aromatic ring is 1. The van der Waals surface area contributed by atoms with E-state index in [9.17, 15) is 4.79 Å². The molecule has 0 radical (unpaired) electrons. The highest BCUT2D eigenvalue weighted by molar-refractivity contribution is 5.98. The van der Waals surface area contributed by atoms with Crippen molar-refractivity contribution in [3.63, 3.8) is 0 Å². The Balaban J connectivity index is 2.14. The van der Waals surface area contributed by atoms with Crippen LogP contribution in [-0.4, -0.2) is 19.6 Å². The fourth-order valence-corrected chi connectivity index (χ4v) is 2.93. The Labute approximate surface area is 120 Å².